The highest BCUT2D eigenvalue weighted by Crippen LogP contribution is 2.42. The van der Waals surface area contributed by atoms with Crippen molar-refractivity contribution >= 4 is 38.8 Å². The van der Waals surface area contributed by atoms with Crippen molar-refractivity contribution in [3.8, 4) is 0 Å². The number of hydrogen-bond donors (Lipinski definition) is 1. The third-order valence-electron chi connectivity index (χ3n) is 4.91. The molecule has 1 aliphatic rings. The number of nitrogens with zero attached hydrogens (tertiary/aromatic N) is 2. The molecule has 0 atom stereocenters. The van der Waals surface area contributed by atoms with Crippen molar-refractivity contribution in [1.29, 1.82) is 0 Å². The quantitative estimate of drug-likeness (QED) is 0.646. The summed E-state index contributed by atoms with van der Waals surface area (Å²) in [5.41, 5.74) is -1.01. The van der Waals surface area contributed by atoms with Crippen LogP contribution in [-0.2, 0) is 16.0 Å². The van der Waals surface area contributed by atoms with Gasteiger partial charge in [0.1, 0.15) is 0 Å². The standard InChI is InChI=1S/C20H18F3N3O2S.ClH/c21-20(22,23)15-6-2-8-17(19(15)26-12-10-24-11-13-26)29(27,28)16-7-1-4-14-5-3-9-25-18(14)16;/h1-9,24H,10-13H2;1H. The Bertz CT molecular complexity index is 1160. The number of rotatable bonds is 3. The van der Waals surface area contributed by atoms with Crippen LogP contribution in [0.5, 0.6) is 0 Å². The summed E-state index contributed by atoms with van der Waals surface area (Å²) in [4.78, 5) is 5.19. The van der Waals surface area contributed by atoms with Crippen LogP contribution in [0.4, 0.5) is 18.9 Å². The molecule has 1 aliphatic heterocycles. The van der Waals surface area contributed by atoms with Gasteiger partial charge in [0.2, 0.25) is 9.84 Å². The number of benzene rings is 2. The molecule has 0 amide bonds. The molecule has 1 N–H and O–H groups in total. The Kier molecular flexibility index (Phi) is 6.26. The maximum Gasteiger partial charge on any atom is 0.418 e. The van der Waals surface area contributed by atoms with Crippen molar-refractivity contribution in [3.05, 3.63) is 60.3 Å². The highest BCUT2D eigenvalue weighted by molar-refractivity contribution is 7.92. The smallest absolute Gasteiger partial charge is 0.367 e. The molecule has 0 bridgehead atoms. The number of para-hydroxylation sites is 2. The van der Waals surface area contributed by atoms with Crippen LogP contribution in [0.2, 0.25) is 0 Å². The third kappa shape index (κ3) is 3.97. The Labute approximate surface area is 178 Å². The molecule has 1 fully saturated rings. The van der Waals surface area contributed by atoms with Gasteiger partial charge in [-0.3, -0.25) is 4.98 Å². The largest absolute Gasteiger partial charge is 0.418 e. The van der Waals surface area contributed by atoms with Crippen LogP contribution in [0.3, 0.4) is 0 Å². The van der Waals surface area contributed by atoms with Crippen molar-refractivity contribution in [2.75, 3.05) is 31.1 Å². The van der Waals surface area contributed by atoms with Gasteiger partial charge in [-0.1, -0.05) is 24.3 Å². The molecule has 3 aromatic rings. The van der Waals surface area contributed by atoms with Crippen LogP contribution in [0.25, 0.3) is 10.9 Å². The van der Waals surface area contributed by atoms with Crippen LogP contribution in [0.15, 0.2) is 64.5 Å². The van der Waals surface area contributed by atoms with E-state index in [-0.39, 0.29) is 46.5 Å². The van der Waals surface area contributed by atoms with Gasteiger partial charge in [-0.25, -0.2) is 8.42 Å². The number of halogens is 4. The van der Waals surface area contributed by atoms with E-state index in [1.54, 1.807) is 24.3 Å². The molecule has 160 valence electrons. The van der Waals surface area contributed by atoms with Crippen LogP contribution in [0.1, 0.15) is 5.56 Å². The molecule has 0 spiro atoms. The van der Waals surface area contributed by atoms with E-state index in [2.05, 4.69) is 10.3 Å². The van der Waals surface area contributed by atoms with Gasteiger partial charge in [-0.05, 0) is 24.3 Å². The van der Waals surface area contributed by atoms with Gasteiger partial charge in [0, 0.05) is 37.8 Å². The van der Waals surface area contributed by atoms with Gasteiger partial charge in [-0.15, -0.1) is 12.4 Å². The Morgan fingerprint density at radius 3 is 2.27 bits per heavy atom. The first-order chi connectivity index (χ1) is 13.8. The van der Waals surface area contributed by atoms with Crippen molar-refractivity contribution in [2.45, 2.75) is 16.0 Å². The summed E-state index contributed by atoms with van der Waals surface area (Å²) in [5, 5.41) is 3.68. The summed E-state index contributed by atoms with van der Waals surface area (Å²) >= 11 is 0. The SMILES string of the molecule is Cl.O=S(=O)(c1cccc(C(F)(F)F)c1N1CCNCC1)c1cccc2cccnc12. The van der Waals surface area contributed by atoms with E-state index in [0.29, 0.717) is 18.5 Å². The van der Waals surface area contributed by atoms with Gasteiger partial charge < -0.3 is 10.2 Å². The van der Waals surface area contributed by atoms with Gasteiger partial charge in [0.05, 0.1) is 26.6 Å². The molecule has 0 unspecified atom stereocenters. The fourth-order valence-electron chi connectivity index (χ4n) is 3.59. The highest BCUT2D eigenvalue weighted by Gasteiger charge is 2.39. The summed E-state index contributed by atoms with van der Waals surface area (Å²) in [6, 6.07) is 11.4. The van der Waals surface area contributed by atoms with E-state index >= 15 is 0 Å². The minimum absolute atomic E-state index is 0. The lowest BCUT2D eigenvalue weighted by Crippen LogP contribution is -2.44. The third-order valence-corrected chi connectivity index (χ3v) is 6.73. The number of nitrogens with one attached hydrogen (secondary N) is 1. The van der Waals surface area contributed by atoms with Gasteiger partial charge >= 0.3 is 6.18 Å². The van der Waals surface area contributed by atoms with E-state index in [4.69, 9.17) is 0 Å². The summed E-state index contributed by atoms with van der Waals surface area (Å²) in [7, 11) is -4.25. The zero-order chi connectivity index (χ0) is 20.6. The molecular weight excluding hydrogens is 439 g/mol. The molecular formula is C20H19ClF3N3O2S. The number of alkyl halides is 3. The van der Waals surface area contributed by atoms with E-state index < -0.39 is 21.6 Å². The Balaban J connectivity index is 0.00000256. The second-order valence-electron chi connectivity index (χ2n) is 6.72. The predicted octanol–water partition coefficient (Wildman–Crippen LogP) is 3.92. The zero-order valence-electron chi connectivity index (χ0n) is 15.7. The Hall–Kier alpha value is -2.36. The zero-order valence-corrected chi connectivity index (χ0v) is 17.3. The first-order valence-electron chi connectivity index (χ1n) is 9.05. The molecule has 4 rings (SSSR count). The highest BCUT2D eigenvalue weighted by atomic mass is 35.5. The minimum Gasteiger partial charge on any atom is -0.367 e. The number of aromatic nitrogens is 1. The second kappa shape index (κ2) is 8.41. The molecule has 1 saturated heterocycles. The van der Waals surface area contributed by atoms with Crippen LogP contribution >= 0.6 is 12.4 Å². The normalized spacial score (nSPS) is 15.1. The lowest BCUT2D eigenvalue weighted by Gasteiger charge is -2.33. The molecule has 10 heteroatoms. The number of fused-ring (bicyclic) bond motifs is 1. The fraction of sp³-hybridized carbons (Fsp3) is 0.250. The maximum absolute atomic E-state index is 13.8. The van der Waals surface area contributed by atoms with Crippen molar-refractivity contribution in [3.63, 3.8) is 0 Å². The molecule has 0 aliphatic carbocycles. The summed E-state index contributed by atoms with van der Waals surface area (Å²) in [6.45, 7) is 1.51. The predicted molar refractivity (Wildman–Crippen MR) is 111 cm³/mol. The Morgan fingerprint density at radius 1 is 0.933 bits per heavy atom. The van der Waals surface area contributed by atoms with E-state index in [9.17, 15) is 21.6 Å². The lowest BCUT2D eigenvalue weighted by molar-refractivity contribution is -0.137. The van der Waals surface area contributed by atoms with Crippen LogP contribution in [-0.4, -0.2) is 39.6 Å². The van der Waals surface area contributed by atoms with E-state index in [1.165, 1.54) is 23.2 Å². The van der Waals surface area contributed by atoms with Crippen molar-refractivity contribution in [2.24, 2.45) is 0 Å². The number of pyridine rings is 1. The summed E-state index contributed by atoms with van der Waals surface area (Å²) in [6.07, 6.45) is -3.21. The number of piperazine rings is 1. The second-order valence-corrected chi connectivity index (χ2v) is 8.61. The average Bonchev–Trinajstić information content (AvgIpc) is 2.72. The molecule has 2 heterocycles. The lowest BCUT2D eigenvalue weighted by atomic mass is 10.1. The van der Waals surface area contributed by atoms with Crippen LogP contribution in [0, 0.1) is 0 Å². The molecule has 1 aromatic heterocycles. The van der Waals surface area contributed by atoms with Gasteiger partial charge in [-0.2, -0.15) is 13.2 Å². The average molecular weight is 458 g/mol. The van der Waals surface area contributed by atoms with E-state index in [0.717, 1.165) is 12.1 Å². The Morgan fingerprint density at radius 2 is 1.57 bits per heavy atom. The van der Waals surface area contributed by atoms with Gasteiger partial charge in [0.15, 0.2) is 0 Å². The molecule has 2 aromatic carbocycles. The maximum atomic E-state index is 13.8. The van der Waals surface area contributed by atoms with E-state index in [1.807, 2.05) is 0 Å². The monoisotopic (exact) mass is 457 g/mol. The molecule has 5 nitrogen and oxygen atoms in total. The van der Waals surface area contributed by atoms with Crippen molar-refractivity contribution in [1.82, 2.24) is 10.3 Å². The topological polar surface area (TPSA) is 62.3 Å². The number of sulfone groups is 1. The van der Waals surface area contributed by atoms with Crippen LogP contribution < -0.4 is 10.2 Å². The molecule has 0 radical (unpaired) electrons. The summed E-state index contributed by atoms with van der Waals surface area (Å²) < 4.78 is 68.4. The first-order valence-corrected chi connectivity index (χ1v) is 10.5. The van der Waals surface area contributed by atoms with Gasteiger partial charge in [0.25, 0.3) is 0 Å². The minimum atomic E-state index is -4.68. The fourth-order valence-corrected chi connectivity index (χ4v) is 5.27. The molecule has 0 saturated carbocycles. The number of hydrogen-bond acceptors (Lipinski definition) is 5. The summed E-state index contributed by atoms with van der Waals surface area (Å²) in [5.74, 6) is 0. The van der Waals surface area contributed by atoms with Crippen molar-refractivity contribution < 1.29 is 21.6 Å². The molecule has 30 heavy (non-hydrogen) atoms. The number of anilines is 1. The first kappa shape index (κ1) is 22.3.